The molecule has 1 aliphatic carbocycles. The standard InChI is InChI=1S/C28H29F3N2O6S/c1-37-21-10-12-23-18(14-21)6-4-9-24(23)32-27(34)17-33(20-8-5-7-19(15-20)28(29,30)31)40(35,36)22-11-13-25(38-2)26(16-22)39-3/h5,7-8,10-16,24H,4,6,9,17H2,1-3H3,(H,32,34). The van der Waals surface area contributed by atoms with Crippen LogP contribution in [0.3, 0.4) is 0 Å². The van der Waals surface area contributed by atoms with Gasteiger partial charge in [-0.2, -0.15) is 13.2 Å². The molecule has 1 N–H and O–H groups in total. The molecule has 0 fully saturated rings. The fourth-order valence-corrected chi connectivity index (χ4v) is 6.12. The second kappa shape index (κ2) is 11.7. The number of sulfonamides is 1. The zero-order valence-electron chi connectivity index (χ0n) is 22.1. The molecule has 12 heteroatoms. The molecule has 40 heavy (non-hydrogen) atoms. The molecule has 1 amide bonds. The number of hydrogen-bond donors (Lipinski definition) is 1. The smallest absolute Gasteiger partial charge is 0.416 e. The molecule has 0 heterocycles. The molecule has 3 aromatic carbocycles. The summed E-state index contributed by atoms with van der Waals surface area (Å²) < 4.78 is 84.5. The van der Waals surface area contributed by atoms with E-state index in [0.717, 1.165) is 36.1 Å². The molecule has 0 aromatic heterocycles. The number of benzene rings is 3. The number of nitrogens with zero attached hydrogens (tertiary/aromatic N) is 1. The molecular formula is C28H29F3N2O6S. The van der Waals surface area contributed by atoms with Gasteiger partial charge in [-0.05, 0) is 72.9 Å². The Morgan fingerprint density at radius 2 is 1.73 bits per heavy atom. The average Bonchev–Trinajstić information content (AvgIpc) is 2.94. The highest BCUT2D eigenvalue weighted by atomic mass is 32.2. The van der Waals surface area contributed by atoms with E-state index in [1.165, 1.54) is 38.5 Å². The van der Waals surface area contributed by atoms with Crippen LogP contribution in [0.1, 0.15) is 35.6 Å². The lowest BCUT2D eigenvalue weighted by Crippen LogP contribution is -2.42. The molecule has 8 nitrogen and oxygen atoms in total. The van der Waals surface area contributed by atoms with Gasteiger partial charge in [-0.25, -0.2) is 8.42 Å². The Morgan fingerprint density at radius 3 is 2.40 bits per heavy atom. The maximum absolute atomic E-state index is 13.8. The summed E-state index contributed by atoms with van der Waals surface area (Å²) in [5.74, 6) is 0.376. The van der Waals surface area contributed by atoms with Gasteiger partial charge in [-0.15, -0.1) is 0 Å². The van der Waals surface area contributed by atoms with Crippen molar-refractivity contribution in [2.24, 2.45) is 0 Å². The summed E-state index contributed by atoms with van der Waals surface area (Å²) in [7, 11) is -0.263. The number of ether oxygens (including phenoxy) is 3. The quantitative estimate of drug-likeness (QED) is 0.379. The Kier molecular flexibility index (Phi) is 8.48. The number of methoxy groups -OCH3 is 3. The number of amides is 1. The molecule has 1 atom stereocenters. The van der Waals surface area contributed by atoms with Gasteiger partial charge in [0.05, 0.1) is 43.5 Å². The molecule has 214 valence electrons. The van der Waals surface area contributed by atoms with Crippen LogP contribution in [-0.4, -0.2) is 42.2 Å². The third-order valence-corrected chi connectivity index (χ3v) is 8.46. The van der Waals surface area contributed by atoms with Crippen LogP contribution in [0.15, 0.2) is 65.6 Å². The fraction of sp³-hybridized carbons (Fsp3) is 0.321. The lowest BCUT2D eigenvalue weighted by molar-refractivity contribution is -0.137. The summed E-state index contributed by atoms with van der Waals surface area (Å²) in [6, 6.07) is 12.8. The van der Waals surface area contributed by atoms with Crippen molar-refractivity contribution in [3.05, 3.63) is 77.4 Å². The Balaban J connectivity index is 1.70. The van der Waals surface area contributed by atoms with Crippen LogP contribution in [0.25, 0.3) is 0 Å². The van der Waals surface area contributed by atoms with Gasteiger partial charge in [0.25, 0.3) is 10.0 Å². The second-order valence-corrected chi connectivity index (χ2v) is 11.0. The van der Waals surface area contributed by atoms with E-state index >= 15 is 0 Å². The zero-order chi connectivity index (χ0) is 29.1. The number of alkyl halides is 3. The van der Waals surface area contributed by atoms with Crippen molar-refractivity contribution in [3.8, 4) is 17.2 Å². The van der Waals surface area contributed by atoms with E-state index < -0.39 is 40.3 Å². The van der Waals surface area contributed by atoms with Gasteiger partial charge < -0.3 is 19.5 Å². The van der Waals surface area contributed by atoms with Crippen LogP contribution in [-0.2, 0) is 27.4 Å². The number of anilines is 1. The Morgan fingerprint density at radius 1 is 0.975 bits per heavy atom. The van der Waals surface area contributed by atoms with Gasteiger partial charge in [0.1, 0.15) is 12.3 Å². The van der Waals surface area contributed by atoms with Gasteiger partial charge in [-0.3, -0.25) is 9.10 Å². The number of halogens is 3. The number of carbonyl (C=O) groups excluding carboxylic acids is 1. The van der Waals surface area contributed by atoms with E-state index in [1.807, 2.05) is 12.1 Å². The van der Waals surface area contributed by atoms with E-state index in [4.69, 9.17) is 14.2 Å². The first-order valence-corrected chi connectivity index (χ1v) is 13.8. The molecule has 0 saturated carbocycles. The minimum absolute atomic E-state index is 0.103. The minimum Gasteiger partial charge on any atom is -0.497 e. The van der Waals surface area contributed by atoms with Crippen molar-refractivity contribution in [2.45, 2.75) is 36.4 Å². The van der Waals surface area contributed by atoms with Crippen LogP contribution in [0.2, 0.25) is 0 Å². The topological polar surface area (TPSA) is 94.2 Å². The highest BCUT2D eigenvalue weighted by Crippen LogP contribution is 2.36. The molecule has 0 spiro atoms. The highest BCUT2D eigenvalue weighted by Gasteiger charge is 2.34. The van der Waals surface area contributed by atoms with Crippen LogP contribution < -0.4 is 23.8 Å². The predicted octanol–water partition coefficient (Wildman–Crippen LogP) is 5.12. The first-order valence-electron chi connectivity index (χ1n) is 12.4. The highest BCUT2D eigenvalue weighted by molar-refractivity contribution is 7.92. The van der Waals surface area contributed by atoms with E-state index in [0.29, 0.717) is 22.5 Å². The van der Waals surface area contributed by atoms with Crippen molar-refractivity contribution in [2.75, 3.05) is 32.2 Å². The summed E-state index contributed by atoms with van der Waals surface area (Å²) in [5.41, 5.74) is 0.527. The third kappa shape index (κ3) is 6.11. The summed E-state index contributed by atoms with van der Waals surface area (Å²) in [6.45, 7) is -0.750. The Bertz CT molecular complexity index is 1490. The van der Waals surface area contributed by atoms with Gasteiger partial charge in [0, 0.05) is 6.07 Å². The van der Waals surface area contributed by atoms with E-state index in [2.05, 4.69) is 5.32 Å². The first kappa shape index (κ1) is 29.1. The lowest BCUT2D eigenvalue weighted by atomic mass is 9.87. The van der Waals surface area contributed by atoms with Gasteiger partial charge in [0.2, 0.25) is 5.91 Å². The van der Waals surface area contributed by atoms with Crippen LogP contribution in [0.5, 0.6) is 17.2 Å². The van der Waals surface area contributed by atoms with Gasteiger partial charge >= 0.3 is 6.18 Å². The number of carbonyl (C=O) groups is 1. The largest absolute Gasteiger partial charge is 0.497 e. The number of fused-ring (bicyclic) bond motifs is 1. The first-order chi connectivity index (χ1) is 19.0. The maximum Gasteiger partial charge on any atom is 0.416 e. The van der Waals surface area contributed by atoms with Crippen molar-refractivity contribution in [1.82, 2.24) is 5.32 Å². The normalized spacial score (nSPS) is 15.1. The molecule has 1 unspecified atom stereocenters. The molecule has 3 aromatic rings. The van der Waals surface area contributed by atoms with Crippen molar-refractivity contribution in [1.29, 1.82) is 0 Å². The van der Waals surface area contributed by atoms with Crippen molar-refractivity contribution >= 4 is 21.6 Å². The van der Waals surface area contributed by atoms with Crippen molar-refractivity contribution < 1.29 is 40.6 Å². The molecular weight excluding hydrogens is 549 g/mol. The Hall–Kier alpha value is -3.93. The predicted molar refractivity (Wildman–Crippen MR) is 142 cm³/mol. The summed E-state index contributed by atoms with van der Waals surface area (Å²) in [4.78, 5) is 13.0. The summed E-state index contributed by atoms with van der Waals surface area (Å²) >= 11 is 0. The number of nitrogens with one attached hydrogen (secondary N) is 1. The second-order valence-electron chi connectivity index (χ2n) is 9.15. The number of aryl methyl sites for hydroxylation is 1. The van der Waals surface area contributed by atoms with E-state index in [1.54, 1.807) is 13.2 Å². The molecule has 0 saturated heterocycles. The average molecular weight is 579 g/mol. The lowest BCUT2D eigenvalue weighted by Gasteiger charge is -2.29. The Labute approximate surface area is 230 Å². The van der Waals surface area contributed by atoms with Crippen LogP contribution in [0, 0.1) is 0 Å². The number of hydrogen-bond acceptors (Lipinski definition) is 6. The minimum atomic E-state index is -4.72. The molecule has 1 aliphatic rings. The zero-order valence-corrected chi connectivity index (χ0v) is 22.9. The maximum atomic E-state index is 13.8. The summed E-state index contributed by atoms with van der Waals surface area (Å²) in [5, 5.41) is 2.87. The van der Waals surface area contributed by atoms with Gasteiger partial charge in [-0.1, -0.05) is 12.1 Å². The van der Waals surface area contributed by atoms with Crippen molar-refractivity contribution in [3.63, 3.8) is 0 Å². The monoisotopic (exact) mass is 578 g/mol. The van der Waals surface area contributed by atoms with E-state index in [-0.39, 0.29) is 22.1 Å². The van der Waals surface area contributed by atoms with Gasteiger partial charge in [0.15, 0.2) is 11.5 Å². The molecule has 0 bridgehead atoms. The van der Waals surface area contributed by atoms with Crippen LogP contribution in [0.4, 0.5) is 18.9 Å². The number of rotatable bonds is 9. The van der Waals surface area contributed by atoms with Crippen LogP contribution >= 0.6 is 0 Å². The molecule has 0 aliphatic heterocycles. The molecule has 4 rings (SSSR count). The fourth-order valence-electron chi connectivity index (χ4n) is 4.69. The SMILES string of the molecule is COc1ccc2c(c1)CCCC2NC(=O)CN(c1cccc(C(F)(F)F)c1)S(=O)(=O)c1ccc(OC)c(OC)c1. The molecule has 0 radical (unpaired) electrons. The summed E-state index contributed by atoms with van der Waals surface area (Å²) in [6.07, 6.45) is -2.52. The van der Waals surface area contributed by atoms with E-state index in [9.17, 15) is 26.4 Å². The third-order valence-electron chi connectivity index (χ3n) is 6.69.